The number of nitrogens with zero attached hydrogens (tertiary/aromatic N) is 8. The van der Waals surface area contributed by atoms with Gasteiger partial charge in [0.1, 0.15) is 22.4 Å². The summed E-state index contributed by atoms with van der Waals surface area (Å²) in [5, 5.41) is 20.5. The number of carbonyl (C=O) groups excluding carboxylic acids is 8. The third-order valence-corrected chi connectivity index (χ3v) is 6.86. The van der Waals surface area contributed by atoms with E-state index < -0.39 is 77.3 Å². The van der Waals surface area contributed by atoms with E-state index in [1.54, 1.807) is 83.1 Å². The molecule has 2 aliphatic heterocycles. The summed E-state index contributed by atoms with van der Waals surface area (Å²) in [4.78, 5) is 100. The first-order chi connectivity index (χ1) is 27.8. The van der Waals surface area contributed by atoms with Crippen molar-refractivity contribution in [1.29, 1.82) is 0 Å². The summed E-state index contributed by atoms with van der Waals surface area (Å²) < 4.78 is 26.5. The number of aliphatic hydroxyl groups is 1. The highest BCUT2D eigenvalue weighted by atomic mass is 16.6. The molecule has 0 fully saturated rings. The number of hydrogen-bond acceptors (Lipinski definition) is 16. The highest BCUT2D eigenvalue weighted by Gasteiger charge is 2.44. The lowest BCUT2D eigenvalue weighted by atomic mass is 10.2. The predicted octanol–water partition coefficient (Wildman–Crippen LogP) is 5.64. The van der Waals surface area contributed by atoms with Crippen molar-refractivity contribution in [3.8, 4) is 0 Å². The summed E-state index contributed by atoms with van der Waals surface area (Å²) in [6, 6.07) is 7.24. The van der Waals surface area contributed by atoms with Gasteiger partial charge in [0.2, 0.25) is 11.8 Å². The molecule has 22 heteroatoms. The molecule has 0 radical (unpaired) electrons. The fourth-order valence-electron chi connectivity index (χ4n) is 4.71. The number of urea groups is 2. The molecule has 1 aromatic carbocycles. The molecule has 1 N–H and O–H groups in total. The van der Waals surface area contributed by atoms with Crippen molar-refractivity contribution < 1.29 is 67.1 Å². The molecular weight excluding hydrogens is 804 g/mol. The summed E-state index contributed by atoms with van der Waals surface area (Å²) in [5.41, 5.74) is -2.58. The minimum atomic E-state index is -1.11. The molecule has 10 amide bonds. The Labute approximate surface area is 354 Å². The van der Waals surface area contributed by atoms with Crippen LogP contribution >= 0.6 is 0 Å². The molecule has 0 bridgehead atoms. The summed E-state index contributed by atoms with van der Waals surface area (Å²) >= 11 is 0. The summed E-state index contributed by atoms with van der Waals surface area (Å²) in [6.45, 7) is 20.4. The summed E-state index contributed by atoms with van der Waals surface area (Å²) in [5.74, 6) is -1.60. The first-order valence-corrected chi connectivity index (χ1v) is 19.0. The predicted molar refractivity (Wildman–Crippen MR) is 216 cm³/mol. The van der Waals surface area contributed by atoms with Gasteiger partial charge in [0.05, 0.1) is 44.3 Å². The largest absolute Gasteiger partial charge is 0.442 e. The van der Waals surface area contributed by atoms with Crippen molar-refractivity contribution >= 4 is 59.7 Å². The van der Waals surface area contributed by atoms with Gasteiger partial charge in [-0.25, -0.2) is 38.8 Å². The molecule has 0 saturated carbocycles. The monoisotopic (exact) mass is 862 g/mol. The van der Waals surface area contributed by atoms with E-state index in [9.17, 15) is 43.5 Å². The molecular formula is C39H58N8O14. The number of rotatable bonds is 7. The van der Waals surface area contributed by atoms with E-state index in [2.05, 4.69) is 10.2 Å². The maximum Gasteiger partial charge on any atom is 0.439 e. The van der Waals surface area contributed by atoms with Crippen LogP contribution in [-0.2, 0) is 39.9 Å². The van der Waals surface area contributed by atoms with Crippen LogP contribution < -0.4 is 0 Å². The fraction of sp³-hybridized carbons (Fsp3) is 0.590. The van der Waals surface area contributed by atoms with Crippen molar-refractivity contribution in [2.45, 2.75) is 126 Å². The van der Waals surface area contributed by atoms with Crippen molar-refractivity contribution in [3.63, 3.8) is 0 Å². The molecule has 2 heterocycles. The summed E-state index contributed by atoms with van der Waals surface area (Å²) in [6.07, 6.45) is -4.35. The Morgan fingerprint density at radius 3 is 1.30 bits per heavy atom. The van der Waals surface area contributed by atoms with E-state index in [4.69, 9.17) is 23.7 Å². The number of benzene rings is 1. The van der Waals surface area contributed by atoms with Gasteiger partial charge in [0.25, 0.3) is 0 Å². The van der Waals surface area contributed by atoms with E-state index in [1.165, 1.54) is 0 Å². The molecule has 2 aliphatic rings. The Balaban J connectivity index is 0.000000432. The van der Waals surface area contributed by atoms with Crippen LogP contribution in [0.3, 0.4) is 0 Å². The van der Waals surface area contributed by atoms with Gasteiger partial charge in [-0.15, -0.1) is 20.0 Å². The van der Waals surface area contributed by atoms with E-state index in [0.29, 0.717) is 25.0 Å². The lowest BCUT2D eigenvalue weighted by Crippen LogP contribution is -2.61. The van der Waals surface area contributed by atoms with Crippen molar-refractivity contribution in [2.75, 3.05) is 26.3 Å². The Bertz CT molecular complexity index is 1870. The maximum absolute atomic E-state index is 13.1. The van der Waals surface area contributed by atoms with Crippen molar-refractivity contribution in [3.05, 3.63) is 35.9 Å². The molecule has 0 saturated heterocycles. The molecule has 0 aliphatic carbocycles. The second-order valence-corrected chi connectivity index (χ2v) is 17.4. The highest BCUT2D eigenvalue weighted by Crippen LogP contribution is 2.21. The van der Waals surface area contributed by atoms with Gasteiger partial charge in [0.15, 0.2) is 0 Å². The Morgan fingerprint density at radius 2 is 0.951 bits per heavy atom. The van der Waals surface area contributed by atoms with Crippen LogP contribution in [0.2, 0.25) is 0 Å². The second-order valence-electron chi connectivity index (χ2n) is 17.4. The van der Waals surface area contributed by atoms with E-state index in [0.717, 1.165) is 24.4 Å². The van der Waals surface area contributed by atoms with E-state index >= 15 is 0 Å². The van der Waals surface area contributed by atoms with E-state index in [1.807, 2.05) is 30.3 Å². The number of hydrazine groups is 2. The lowest BCUT2D eigenvalue weighted by molar-refractivity contribution is -0.141. The number of amides is 10. The van der Waals surface area contributed by atoms with Crippen LogP contribution in [0.15, 0.2) is 40.5 Å². The van der Waals surface area contributed by atoms with Gasteiger partial charge in [0, 0.05) is 13.8 Å². The zero-order valence-electron chi connectivity index (χ0n) is 37.3. The minimum absolute atomic E-state index is 0.0322. The van der Waals surface area contributed by atoms with Crippen molar-refractivity contribution in [2.24, 2.45) is 10.2 Å². The van der Waals surface area contributed by atoms with Crippen LogP contribution in [0.4, 0.5) is 28.8 Å². The molecule has 22 nitrogen and oxygen atoms in total. The normalized spacial score (nSPS) is 14.8. The van der Waals surface area contributed by atoms with E-state index in [-0.39, 0.29) is 37.7 Å². The first-order valence-electron chi connectivity index (χ1n) is 19.0. The molecule has 0 spiro atoms. The Hall–Kier alpha value is -6.16. The Kier molecular flexibility index (Phi) is 17.1. The zero-order chi connectivity index (χ0) is 46.8. The lowest BCUT2D eigenvalue weighted by Gasteiger charge is -2.37. The molecule has 1 aromatic rings. The van der Waals surface area contributed by atoms with Gasteiger partial charge < -0.3 is 28.8 Å². The smallest absolute Gasteiger partial charge is 0.439 e. The van der Waals surface area contributed by atoms with Gasteiger partial charge in [-0.1, -0.05) is 30.3 Å². The number of aliphatic hydroxyl groups excluding tert-OH is 1. The average Bonchev–Trinajstić information content (AvgIpc) is 3.07. The van der Waals surface area contributed by atoms with Gasteiger partial charge in [-0.3, -0.25) is 9.59 Å². The van der Waals surface area contributed by atoms with Crippen LogP contribution in [0.25, 0.3) is 0 Å². The standard InChI is InChI=1S/C23H32N4O7.C16H26N4O7/c1-16(28)27(21(31)34-23(5,6)7)25-13-18(15-32-14-17-11-9-8-10-12-17)24-26(19(25)29)20(30)33-22(2,3)4;1-10(22)20(14(25)27-16(5,6)7)18-8-11(9-21)17-19(12(18)23)13(24)26-15(2,3)4/h8-12H,13-15H2,1-7H3;21H,8-9H2,1-7H3. The Morgan fingerprint density at radius 1 is 0.590 bits per heavy atom. The average molecular weight is 863 g/mol. The van der Waals surface area contributed by atoms with Gasteiger partial charge in [-0.2, -0.15) is 10.2 Å². The van der Waals surface area contributed by atoms with Crippen LogP contribution in [-0.4, -0.2) is 144 Å². The molecule has 61 heavy (non-hydrogen) atoms. The van der Waals surface area contributed by atoms with Crippen LogP contribution in [0.5, 0.6) is 0 Å². The topological polar surface area (TPSA) is 247 Å². The SMILES string of the molecule is CC(=O)N(C(=O)OC(C)(C)C)N1CC(CO)=NN(C(=O)OC(C)(C)C)C1=O.CC(=O)N(C(=O)OC(C)(C)C)N1CC(COCc2ccccc2)=NN(C(=O)OC(C)(C)C)C1=O. The fourth-order valence-corrected chi connectivity index (χ4v) is 4.71. The molecule has 3 rings (SSSR count). The third kappa shape index (κ3) is 16.4. The molecule has 0 aromatic heterocycles. The van der Waals surface area contributed by atoms with Gasteiger partial charge >= 0.3 is 36.4 Å². The van der Waals surface area contributed by atoms with Crippen LogP contribution in [0, 0.1) is 0 Å². The first kappa shape index (κ1) is 51.0. The molecule has 0 atom stereocenters. The van der Waals surface area contributed by atoms with Crippen molar-refractivity contribution in [1.82, 2.24) is 30.1 Å². The quantitative estimate of drug-likeness (QED) is 0.326. The minimum Gasteiger partial charge on any atom is -0.442 e. The number of hydrazone groups is 2. The number of carbonyl (C=O) groups is 8. The summed E-state index contributed by atoms with van der Waals surface area (Å²) in [7, 11) is 0. The van der Waals surface area contributed by atoms with Crippen LogP contribution in [0.1, 0.15) is 102 Å². The van der Waals surface area contributed by atoms with Gasteiger partial charge in [-0.05, 0) is 88.6 Å². The second kappa shape index (κ2) is 20.4. The third-order valence-electron chi connectivity index (χ3n) is 6.86. The number of imide groups is 4. The maximum atomic E-state index is 13.1. The molecule has 0 unspecified atom stereocenters. The number of hydrogen-bond donors (Lipinski definition) is 1. The molecule has 338 valence electrons. The zero-order valence-corrected chi connectivity index (χ0v) is 37.3. The number of ether oxygens (including phenoxy) is 5. The highest BCUT2D eigenvalue weighted by molar-refractivity contribution is 6.04.